The van der Waals surface area contributed by atoms with Gasteiger partial charge < -0.3 is 9.47 Å². The lowest BCUT2D eigenvalue weighted by atomic mass is 9.72. The monoisotopic (exact) mass is 269 g/mol. The number of nitrogens with zero attached hydrogens (tertiary/aromatic N) is 1. The van der Waals surface area contributed by atoms with Gasteiger partial charge in [0.25, 0.3) is 0 Å². The molecule has 3 nitrogen and oxygen atoms in total. The Morgan fingerprint density at radius 2 is 2.05 bits per heavy atom. The summed E-state index contributed by atoms with van der Waals surface area (Å²) in [6, 6.07) is 0.632. The van der Waals surface area contributed by atoms with Crippen molar-refractivity contribution >= 4 is 0 Å². The maximum Gasteiger partial charge on any atom is 0.0707 e. The van der Waals surface area contributed by atoms with Gasteiger partial charge in [-0.2, -0.15) is 0 Å². The van der Waals surface area contributed by atoms with Crippen LogP contribution >= 0.6 is 0 Å². The number of rotatable bonds is 4. The van der Waals surface area contributed by atoms with Gasteiger partial charge in [0.2, 0.25) is 0 Å². The van der Waals surface area contributed by atoms with Crippen molar-refractivity contribution in [3.63, 3.8) is 0 Å². The molecule has 2 aliphatic rings. The van der Waals surface area contributed by atoms with Crippen molar-refractivity contribution in [1.82, 2.24) is 4.90 Å². The molecule has 2 saturated heterocycles. The fraction of sp³-hybridized carbons (Fsp3) is 1.00. The van der Waals surface area contributed by atoms with Crippen LogP contribution in [0, 0.1) is 11.3 Å². The molecule has 112 valence electrons. The molecule has 2 atom stereocenters. The first-order chi connectivity index (χ1) is 8.99. The summed E-state index contributed by atoms with van der Waals surface area (Å²) in [5.74, 6) is 0.694. The number of morpholine rings is 1. The fourth-order valence-electron chi connectivity index (χ4n) is 3.45. The van der Waals surface area contributed by atoms with Gasteiger partial charge in [0, 0.05) is 32.3 Å². The van der Waals surface area contributed by atoms with E-state index in [1.807, 2.05) is 0 Å². The van der Waals surface area contributed by atoms with Crippen molar-refractivity contribution in [2.24, 2.45) is 11.3 Å². The van der Waals surface area contributed by atoms with Crippen molar-refractivity contribution in [2.45, 2.75) is 59.1 Å². The molecule has 0 aromatic carbocycles. The van der Waals surface area contributed by atoms with Gasteiger partial charge in [-0.3, -0.25) is 4.90 Å². The summed E-state index contributed by atoms with van der Waals surface area (Å²) in [7, 11) is 0. The smallest absolute Gasteiger partial charge is 0.0707 e. The first kappa shape index (κ1) is 15.3. The zero-order valence-electron chi connectivity index (χ0n) is 13.2. The largest absolute Gasteiger partial charge is 0.381 e. The first-order valence-electron chi connectivity index (χ1n) is 7.92. The molecule has 0 saturated carbocycles. The zero-order chi connectivity index (χ0) is 13.9. The van der Waals surface area contributed by atoms with Crippen LogP contribution in [0.25, 0.3) is 0 Å². The Morgan fingerprint density at radius 1 is 1.26 bits per heavy atom. The molecule has 3 heteroatoms. The van der Waals surface area contributed by atoms with Crippen molar-refractivity contribution in [3.8, 4) is 0 Å². The normalized spacial score (nSPS) is 30.8. The summed E-state index contributed by atoms with van der Waals surface area (Å²) in [6.45, 7) is 14.3. The molecule has 0 amide bonds. The van der Waals surface area contributed by atoms with Gasteiger partial charge >= 0.3 is 0 Å². The molecular weight excluding hydrogens is 238 g/mol. The van der Waals surface area contributed by atoms with E-state index in [1.165, 1.54) is 12.8 Å². The Labute approximate surface area is 118 Å². The molecule has 2 aliphatic heterocycles. The van der Waals surface area contributed by atoms with E-state index >= 15 is 0 Å². The SMILES string of the molecule is CC(C)N1CCOC(CC(C)(C)C2CCCOC2)C1. The van der Waals surface area contributed by atoms with E-state index in [1.54, 1.807) is 0 Å². The Hall–Kier alpha value is -0.120. The molecule has 19 heavy (non-hydrogen) atoms. The second-order valence-corrected chi connectivity index (χ2v) is 7.19. The molecule has 0 radical (unpaired) electrons. The van der Waals surface area contributed by atoms with E-state index in [9.17, 15) is 0 Å². The van der Waals surface area contributed by atoms with E-state index in [4.69, 9.17) is 9.47 Å². The average Bonchev–Trinajstić information content (AvgIpc) is 2.39. The maximum atomic E-state index is 6.00. The third-order valence-corrected chi connectivity index (χ3v) is 4.92. The second-order valence-electron chi connectivity index (χ2n) is 7.19. The van der Waals surface area contributed by atoms with Crippen LogP contribution in [-0.2, 0) is 9.47 Å². The van der Waals surface area contributed by atoms with Gasteiger partial charge in [-0.05, 0) is 44.4 Å². The van der Waals surface area contributed by atoms with E-state index in [0.29, 0.717) is 23.5 Å². The van der Waals surface area contributed by atoms with Gasteiger partial charge in [0.15, 0.2) is 0 Å². The lowest BCUT2D eigenvalue weighted by Gasteiger charge is -2.42. The predicted octanol–water partition coefficient (Wildman–Crippen LogP) is 2.94. The Kier molecular flexibility index (Phi) is 5.27. The van der Waals surface area contributed by atoms with Gasteiger partial charge in [-0.15, -0.1) is 0 Å². The van der Waals surface area contributed by atoms with Crippen LogP contribution in [0.4, 0.5) is 0 Å². The minimum absolute atomic E-state index is 0.324. The zero-order valence-corrected chi connectivity index (χ0v) is 13.2. The van der Waals surface area contributed by atoms with Crippen LogP contribution < -0.4 is 0 Å². The van der Waals surface area contributed by atoms with Crippen molar-refractivity contribution < 1.29 is 9.47 Å². The van der Waals surface area contributed by atoms with Crippen LogP contribution in [0.2, 0.25) is 0 Å². The Bertz CT molecular complexity index is 272. The van der Waals surface area contributed by atoms with Crippen LogP contribution in [0.1, 0.15) is 47.0 Å². The van der Waals surface area contributed by atoms with Crippen molar-refractivity contribution in [1.29, 1.82) is 0 Å². The van der Waals surface area contributed by atoms with Crippen LogP contribution in [0.5, 0.6) is 0 Å². The molecule has 2 unspecified atom stereocenters. The average molecular weight is 269 g/mol. The lowest BCUT2D eigenvalue weighted by molar-refractivity contribution is -0.0753. The Balaban J connectivity index is 1.87. The van der Waals surface area contributed by atoms with Crippen molar-refractivity contribution in [2.75, 3.05) is 32.9 Å². The summed E-state index contributed by atoms with van der Waals surface area (Å²) in [5.41, 5.74) is 0.324. The molecule has 0 N–H and O–H groups in total. The summed E-state index contributed by atoms with van der Waals surface area (Å²) in [5, 5.41) is 0. The number of ether oxygens (including phenoxy) is 2. The number of hydrogen-bond donors (Lipinski definition) is 0. The molecule has 2 rings (SSSR count). The Morgan fingerprint density at radius 3 is 2.68 bits per heavy atom. The van der Waals surface area contributed by atoms with Crippen LogP contribution in [-0.4, -0.2) is 50.0 Å². The topological polar surface area (TPSA) is 21.7 Å². The van der Waals surface area contributed by atoms with Gasteiger partial charge in [0.05, 0.1) is 12.7 Å². The van der Waals surface area contributed by atoms with E-state index in [2.05, 4.69) is 32.6 Å². The molecule has 0 spiro atoms. The standard InChI is InChI=1S/C16H31NO2/c1-13(2)17-7-9-19-15(11-17)10-16(3,4)14-6-5-8-18-12-14/h13-15H,5-12H2,1-4H3. The van der Waals surface area contributed by atoms with E-state index < -0.39 is 0 Å². The molecule has 2 fully saturated rings. The van der Waals surface area contributed by atoms with Crippen LogP contribution in [0.15, 0.2) is 0 Å². The quantitative estimate of drug-likeness (QED) is 0.783. The highest BCUT2D eigenvalue weighted by molar-refractivity contribution is 4.85. The summed E-state index contributed by atoms with van der Waals surface area (Å²) in [6.07, 6.45) is 4.09. The molecule has 0 aromatic heterocycles. The summed E-state index contributed by atoms with van der Waals surface area (Å²) >= 11 is 0. The lowest BCUT2D eigenvalue weighted by Crippen LogP contribution is -2.48. The third kappa shape index (κ3) is 4.17. The van der Waals surface area contributed by atoms with Crippen LogP contribution in [0.3, 0.4) is 0 Å². The second kappa shape index (κ2) is 6.55. The molecular formula is C16H31NO2. The van der Waals surface area contributed by atoms with Gasteiger partial charge in [-0.25, -0.2) is 0 Å². The molecule has 2 heterocycles. The maximum absolute atomic E-state index is 6.00. The summed E-state index contributed by atoms with van der Waals surface area (Å²) in [4.78, 5) is 2.54. The fourth-order valence-corrected chi connectivity index (χ4v) is 3.45. The van der Waals surface area contributed by atoms with E-state index in [0.717, 1.165) is 39.3 Å². The highest BCUT2D eigenvalue weighted by Gasteiger charge is 2.35. The minimum Gasteiger partial charge on any atom is -0.381 e. The van der Waals surface area contributed by atoms with Crippen molar-refractivity contribution in [3.05, 3.63) is 0 Å². The minimum atomic E-state index is 0.324. The highest BCUT2D eigenvalue weighted by Crippen LogP contribution is 2.38. The summed E-state index contributed by atoms with van der Waals surface area (Å²) < 4.78 is 11.7. The first-order valence-corrected chi connectivity index (χ1v) is 7.92. The molecule has 0 aromatic rings. The number of hydrogen-bond acceptors (Lipinski definition) is 3. The van der Waals surface area contributed by atoms with E-state index in [-0.39, 0.29) is 0 Å². The highest BCUT2D eigenvalue weighted by atomic mass is 16.5. The van der Waals surface area contributed by atoms with Gasteiger partial charge in [-0.1, -0.05) is 13.8 Å². The predicted molar refractivity (Wildman–Crippen MR) is 78.4 cm³/mol. The third-order valence-electron chi connectivity index (χ3n) is 4.92. The molecule has 0 bridgehead atoms. The van der Waals surface area contributed by atoms with Gasteiger partial charge in [0.1, 0.15) is 0 Å². The molecule has 0 aliphatic carbocycles.